The van der Waals surface area contributed by atoms with Gasteiger partial charge in [-0.15, -0.1) is 0 Å². The zero-order valence-corrected chi connectivity index (χ0v) is 18.2. The second-order valence-corrected chi connectivity index (χ2v) is 9.45. The first kappa shape index (κ1) is 24.0. The minimum atomic E-state index is -3.98. The average molecular weight is 452 g/mol. The fourth-order valence-electron chi connectivity index (χ4n) is 3.55. The fourth-order valence-corrected chi connectivity index (χ4v) is 4.62. The van der Waals surface area contributed by atoms with Crippen molar-refractivity contribution in [2.75, 3.05) is 19.9 Å². The zero-order chi connectivity index (χ0) is 22.3. The molecule has 1 unspecified atom stereocenters. The molecule has 8 nitrogen and oxygen atoms in total. The van der Waals surface area contributed by atoms with Gasteiger partial charge in [-0.25, -0.2) is 0 Å². The zero-order valence-electron chi connectivity index (χ0n) is 17.3. The van der Waals surface area contributed by atoms with Crippen molar-refractivity contribution >= 4 is 7.60 Å². The topological polar surface area (TPSA) is 115 Å². The van der Waals surface area contributed by atoms with Crippen LogP contribution in [0.5, 0.6) is 0 Å². The lowest BCUT2D eigenvalue weighted by Gasteiger charge is -2.44. The van der Waals surface area contributed by atoms with Gasteiger partial charge in [-0.3, -0.25) is 4.57 Å². The Morgan fingerprint density at radius 1 is 0.968 bits per heavy atom. The van der Waals surface area contributed by atoms with E-state index in [9.17, 15) is 19.7 Å². The molecule has 31 heavy (non-hydrogen) atoms. The Morgan fingerprint density at radius 3 is 2.03 bits per heavy atom. The molecule has 9 heteroatoms. The molecule has 0 aliphatic carbocycles. The van der Waals surface area contributed by atoms with Crippen molar-refractivity contribution < 1.29 is 38.4 Å². The van der Waals surface area contributed by atoms with Crippen LogP contribution in [0.3, 0.4) is 0 Å². The van der Waals surface area contributed by atoms with Gasteiger partial charge in [-0.1, -0.05) is 60.7 Å². The maximum absolute atomic E-state index is 12.3. The van der Waals surface area contributed by atoms with Crippen molar-refractivity contribution in [3.05, 3.63) is 71.8 Å². The smallest absolute Gasteiger partial charge is 0.328 e. The number of aliphatic hydroxyl groups is 2. The molecular formula is C22H29O8P. The molecule has 1 aliphatic rings. The Balaban J connectivity index is 1.76. The summed E-state index contributed by atoms with van der Waals surface area (Å²) in [5.74, 6) is -0.900. The van der Waals surface area contributed by atoms with Crippen LogP contribution >= 0.6 is 7.60 Å². The first-order valence-electron chi connectivity index (χ1n) is 10.1. The average Bonchev–Trinajstić information content (AvgIpc) is 2.80. The summed E-state index contributed by atoms with van der Waals surface area (Å²) in [5, 5.41) is 20.9. The lowest BCUT2D eigenvalue weighted by molar-refractivity contribution is -0.294. The van der Waals surface area contributed by atoms with Crippen molar-refractivity contribution in [1.82, 2.24) is 0 Å². The molecule has 3 N–H and O–H groups in total. The van der Waals surface area contributed by atoms with Gasteiger partial charge in [0.25, 0.3) is 0 Å². The molecule has 1 aliphatic heterocycles. The highest BCUT2D eigenvalue weighted by molar-refractivity contribution is 7.52. The van der Waals surface area contributed by atoms with Gasteiger partial charge >= 0.3 is 7.60 Å². The van der Waals surface area contributed by atoms with Crippen LogP contribution in [0.25, 0.3) is 0 Å². The lowest BCUT2D eigenvalue weighted by atomic mass is 9.92. The highest BCUT2D eigenvalue weighted by atomic mass is 31.2. The molecule has 2 aromatic rings. The molecule has 0 amide bonds. The molecule has 2 aromatic carbocycles. The van der Waals surface area contributed by atoms with E-state index in [0.717, 1.165) is 18.2 Å². The predicted molar refractivity (Wildman–Crippen MR) is 113 cm³/mol. The number of hydrogen-bond donors (Lipinski definition) is 3. The Kier molecular flexibility index (Phi) is 8.77. The van der Waals surface area contributed by atoms with Crippen LogP contribution in [0.1, 0.15) is 11.1 Å². The molecule has 1 saturated heterocycles. The Morgan fingerprint density at radius 2 is 1.52 bits per heavy atom. The fraction of sp³-hybridized carbons (Fsp3) is 0.455. The van der Waals surface area contributed by atoms with Crippen LogP contribution in [-0.2, 0) is 36.5 Å². The van der Waals surface area contributed by atoms with E-state index in [1.807, 2.05) is 60.7 Å². The summed E-state index contributed by atoms with van der Waals surface area (Å²) in [4.78, 5) is 10.0. The SMILES string of the molecule is COP(=O)(O)C[C@H]1[C@H](OCc2ccccc2)O[C@H](CO)[C@@H](OCc2ccccc2)[C@@H]1O. The predicted octanol–water partition coefficient (Wildman–Crippen LogP) is 2.31. The molecule has 0 aromatic heterocycles. The van der Waals surface area contributed by atoms with Gasteiger partial charge in [0.1, 0.15) is 12.2 Å². The summed E-state index contributed by atoms with van der Waals surface area (Å²) in [5.41, 5.74) is 1.76. The first-order valence-corrected chi connectivity index (χ1v) is 11.8. The van der Waals surface area contributed by atoms with E-state index in [1.54, 1.807) is 0 Å². The largest absolute Gasteiger partial charge is 0.394 e. The summed E-state index contributed by atoms with van der Waals surface area (Å²) in [7, 11) is -2.85. The molecular weight excluding hydrogens is 423 g/mol. The van der Waals surface area contributed by atoms with Crippen molar-refractivity contribution in [2.45, 2.75) is 37.8 Å². The molecule has 170 valence electrons. The third kappa shape index (κ3) is 6.68. The van der Waals surface area contributed by atoms with Crippen LogP contribution in [0.15, 0.2) is 60.7 Å². The van der Waals surface area contributed by atoms with Crippen LogP contribution in [0.2, 0.25) is 0 Å². The highest BCUT2D eigenvalue weighted by Gasteiger charge is 2.48. The van der Waals surface area contributed by atoms with E-state index < -0.39 is 44.7 Å². The molecule has 0 spiro atoms. The van der Waals surface area contributed by atoms with Crippen molar-refractivity contribution in [3.8, 4) is 0 Å². The van der Waals surface area contributed by atoms with E-state index in [2.05, 4.69) is 0 Å². The summed E-state index contributed by atoms with van der Waals surface area (Å²) in [6, 6.07) is 18.7. The number of rotatable bonds is 10. The van der Waals surface area contributed by atoms with E-state index in [-0.39, 0.29) is 19.4 Å². The van der Waals surface area contributed by atoms with Crippen molar-refractivity contribution in [2.24, 2.45) is 5.92 Å². The normalized spacial score (nSPS) is 28.2. The second-order valence-electron chi connectivity index (χ2n) is 7.44. The number of ether oxygens (including phenoxy) is 3. The van der Waals surface area contributed by atoms with Crippen molar-refractivity contribution in [3.63, 3.8) is 0 Å². The van der Waals surface area contributed by atoms with Crippen molar-refractivity contribution in [1.29, 1.82) is 0 Å². The monoisotopic (exact) mass is 452 g/mol. The summed E-state index contributed by atoms with van der Waals surface area (Å²) >= 11 is 0. The molecule has 0 radical (unpaired) electrons. The van der Waals surface area contributed by atoms with Gasteiger partial charge in [0, 0.05) is 13.0 Å². The van der Waals surface area contributed by atoms with Crippen LogP contribution in [-0.4, -0.2) is 59.6 Å². The second kappa shape index (κ2) is 11.3. The summed E-state index contributed by atoms with van der Waals surface area (Å²) < 4.78 is 34.6. The quantitative estimate of drug-likeness (QED) is 0.471. The molecule has 3 rings (SSSR count). The highest BCUT2D eigenvalue weighted by Crippen LogP contribution is 2.46. The van der Waals surface area contributed by atoms with Crippen LogP contribution in [0.4, 0.5) is 0 Å². The first-order chi connectivity index (χ1) is 14.9. The Hall–Kier alpha value is -1.61. The number of hydrogen-bond acceptors (Lipinski definition) is 7. The van der Waals surface area contributed by atoms with Crippen LogP contribution < -0.4 is 0 Å². The van der Waals surface area contributed by atoms with E-state index in [1.165, 1.54) is 0 Å². The lowest BCUT2D eigenvalue weighted by Crippen LogP contribution is -2.58. The summed E-state index contributed by atoms with van der Waals surface area (Å²) in [6.45, 7) is -0.0492. The standard InChI is InChI=1S/C22H29O8P/c1-27-31(25,26)15-18-20(24)21(28-13-16-8-4-2-5-9-16)19(12-23)30-22(18)29-14-17-10-6-3-7-11-17/h2-11,18-24H,12-15H2,1H3,(H,25,26)/t18-,19-,20-,21-,22-/m1/s1. The third-order valence-electron chi connectivity index (χ3n) is 5.25. The maximum atomic E-state index is 12.3. The van der Waals surface area contributed by atoms with Gasteiger partial charge in [0.05, 0.1) is 32.1 Å². The molecule has 1 fully saturated rings. The minimum Gasteiger partial charge on any atom is -0.394 e. The van der Waals surface area contributed by atoms with Gasteiger partial charge in [0.2, 0.25) is 0 Å². The number of benzene rings is 2. The third-order valence-corrected chi connectivity index (χ3v) is 6.70. The van der Waals surface area contributed by atoms with Crippen LogP contribution in [0, 0.1) is 5.92 Å². The molecule has 6 atom stereocenters. The molecule has 0 bridgehead atoms. The van der Waals surface area contributed by atoms with Gasteiger partial charge < -0.3 is 33.8 Å². The van der Waals surface area contributed by atoms with Gasteiger partial charge in [-0.05, 0) is 11.1 Å². The van der Waals surface area contributed by atoms with Gasteiger partial charge in [0.15, 0.2) is 6.29 Å². The van der Waals surface area contributed by atoms with Gasteiger partial charge in [-0.2, -0.15) is 0 Å². The van der Waals surface area contributed by atoms with E-state index in [4.69, 9.17) is 18.7 Å². The molecule has 1 heterocycles. The Labute approximate surface area is 181 Å². The maximum Gasteiger partial charge on any atom is 0.328 e. The minimum absolute atomic E-state index is 0.172. The Bertz CT molecular complexity index is 834. The van der Waals surface area contributed by atoms with E-state index in [0.29, 0.717) is 0 Å². The summed E-state index contributed by atoms with van der Waals surface area (Å²) in [6.07, 6.45) is -4.40. The van der Waals surface area contributed by atoms with E-state index >= 15 is 0 Å². The molecule has 0 saturated carbocycles. The number of aliphatic hydroxyl groups excluding tert-OH is 2.